The number of thioether (sulfide) groups is 1. The first-order valence-corrected chi connectivity index (χ1v) is 5.89. The molecule has 0 aliphatic carbocycles. The zero-order chi connectivity index (χ0) is 10.2. The maximum Gasteiger partial charge on any atom is 0.130 e. The SMILES string of the molecule is CSc1cc(NCCCCN)ncn1. The minimum absolute atomic E-state index is 0.752. The Morgan fingerprint density at radius 2 is 2.29 bits per heavy atom. The maximum absolute atomic E-state index is 5.40. The van der Waals surface area contributed by atoms with Crippen molar-refractivity contribution in [3.05, 3.63) is 12.4 Å². The van der Waals surface area contributed by atoms with Crippen molar-refractivity contribution in [1.29, 1.82) is 0 Å². The number of unbranched alkanes of at least 4 members (excludes halogenated alkanes) is 1. The van der Waals surface area contributed by atoms with Crippen LogP contribution in [-0.2, 0) is 0 Å². The molecule has 0 atom stereocenters. The Bertz CT molecular complexity index is 267. The third-order valence-electron chi connectivity index (χ3n) is 1.79. The molecule has 4 nitrogen and oxygen atoms in total. The van der Waals surface area contributed by atoms with Crippen molar-refractivity contribution in [2.45, 2.75) is 17.9 Å². The predicted octanol–water partition coefficient (Wildman–Crippen LogP) is 1.35. The van der Waals surface area contributed by atoms with Crippen molar-refractivity contribution in [1.82, 2.24) is 9.97 Å². The van der Waals surface area contributed by atoms with Crippen LogP contribution in [0.3, 0.4) is 0 Å². The van der Waals surface area contributed by atoms with Crippen LogP contribution in [0.5, 0.6) is 0 Å². The molecular weight excluding hydrogens is 196 g/mol. The van der Waals surface area contributed by atoms with E-state index >= 15 is 0 Å². The lowest BCUT2D eigenvalue weighted by Gasteiger charge is -2.04. The second-order valence-corrected chi connectivity index (χ2v) is 3.69. The number of anilines is 1. The lowest BCUT2D eigenvalue weighted by Crippen LogP contribution is -2.06. The van der Waals surface area contributed by atoms with Crippen LogP contribution in [0.1, 0.15) is 12.8 Å². The Kier molecular flexibility index (Phi) is 5.32. The predicted molar refractivity (Wildman–Crippen MR) is 60.6 cm³/mol. The highest BCUT2D eigenvalue weighted by atomic mass is 32.2. The van der Waals surface area contributed by atoms with E-state index in [2.05, 4.69) is 15.3 Å². The van der Waals surface area contributed by atoms with Crippen molar-refractivity contribution < 1.29 is 0 Å². The first-order chi connectivity index (χ1) is 6.86. The molecule has 0 aliphatic rings. The van der Waals surface area contributed by atoms with Gasteiger partial charge in [-0.25, -0.2) is 9.97 Å². The Morgan fingerprint density at radius 3 is 3.00 bits per heavy atom. The molecule has 1 rings (SSSR count). The molecule has 0 unspecified atom stereocenters. The summed E-state index contributed by atoms with van der Waals surface area (Å²) in [6.45, 7) is 1.67. The summed E-state index contributed by atoms with van der Waals surface area (Å²) in [5.74, 6) is 0.890. The summed E-state index contributed by atoms with van der Waals surface area (Å²) in [5.41, 5.74) is 5.40. The smallest absolute Gasteiger partial charge is 0.130 e. The van der Waals surface area contributed by atoms with Crippen LogP contribution in [0.25, 0.3) is 0 Å². The van der Waals surface area contributed by atoms with E-state index in [9.17, 15) is 0 Å². The van der Waals surface area contributed by atoms with Crippen LogP contribution >= 0.6 is 11.8 Å². The van der Waals surface area contributed by atoms with Crippen molar-refractivity contribution >= 4 is 17.6 Å². The third kappa shape index (κ3) is 3.93. The normalized spacial score (nSPS) is 10.1. The summed E-state index contributed by atoms with van der Waals surface area (Å²) in [6, 6.07) is 1.95. The first-order valence-electron chi connectivity index (χ1n) is 4.67. The summed E-state index contributed by atoms with van der Waals surface area (Å²) in [6.07, 6.45) is 5.71. The molecule has 3 N–H and O–H groups in total. The van der Waals surface area contributed by atoms with Crippen molar-refractivity contribution in [2.24, 2.45) is 5.73 Å². The Morgan fingerprint density at radius 1 is 1.43 bits per heavy atom. The first kappa shape index (κ1) is 11.3. The molecule has 1 aromatic rings. The molecule has 0 aliphatic heterocycles. The monoisotopic (exact) mass is 212 g/mol. The van der Waals surface area contributed by atoms with Gasteiger partial charge < -0.3 is 11.1 Å². The number of nitrogens with zero attached hydrogens (tertiary/aromatic N) is 2. The fourth-order valence-electron chi connectivity index (χ4n) is 1.03. The standard InChI is InChI=1S/C9H16N4S/c1-14-9-6-8(12-7-13-9)11-5-3-2-4-10/h6-7H,2-5,10H2,1H3,(H,11,12,13). The molecule has 0 fully saturated rings. The van der Waals surface area contributed by atoms with Gasteiger partial charge >= 0.3 is 0 Å². The van der Waals surface area contributed by atoms with Gasteiger partial charge in [0.05, 0.1) is 0 Å². The highest BCUT2D eigenvalue weighted by Crippen LogP contribution is 2.13. The molecule has 0 saturated carbocycles. The average molecular weight is 212 g/mol. The summed E-state index contributed by atoms with van der Waals surface area (Å²) in [4.78, 5) is 8.21. The summed E-state index contributed by atoms with van der Waals surface area (Å²) < 4.78 is 0. The lowest BCUT2D eigenvalue weighted by molar-refractivity contribution is 0.771. The summed E-state index contributed by atoms with van der Waals surface area (Å²) in [7, 11) is 0. The number of hydrogen-bond acceptors (Lipinski definition) is 5. The zero-order valence-electron chi connectivity index (χ0n) is 8.36. The van der Waals surface area contributed by atoms with Crippen LogP contribution < -0.4 is 11.1 Å². The molecular formula is C9H16N4S. The van der Waals surface area contributed by atoms with E-state index in [-0.39, 0.29) is 0 Å². The Labute approximate surface area is 88.7 Å². The number of nitrogens with two attached hydrogens (primary N) is 1. The van der Waals surface area contributed by atoms with E-state index in [4.69, 9.17) is 5.73 Å². The van der Waals surface area contributed by atoms with Gasteiger partial charge in [0.1, 0.15) is 17.2 Å². The minimum Gasteiger partial charge on any atom is -0.370 e. The molecule has 0 saturated heterocycles. The van der Waals surface area contributed by atoms with Gasteiger partial charge in [-0.2, -0.15) is 0 Å². The molecule has 1 aromatic heterocycles. The molecule has 0 aromatic carbocycles. The van der Waals surface area contributed by atoms with Gasteiger partial charge in [-0.1, -0.05) is 0 Å². The van der Waals surface area contributed by atoms with Gasteiger partial charge in [-0.05, 0) is 25.6 Å². The Hall–Kier alpha value is -0.810. The molecule has 78 valence electrons. The van der Waals surface area contributed by atoms with Gasteiger partial charge in [-0.15, -0.1) is 11.8 Å². The quantitative estimate of drug-likeness (QED) is 0.423. The molecule has 0 radical (unpaired) electrons. The fraction of sp³-hybridized carbons (Fsp3) is 0.556. The van der Waals surface area contributed by atoms with Crippen LogP contribution in [0.15, 0.2) is 17.4 Å². The number of aromatic nitrogens is 2. The lowest BCUT2D eigenvalue weighted by atomic mass is 10.3. The number of rotatable bonds is 6. The number of hydrogen-bond donors (Lipinski definition) is 2. The molecule has 14 heavy (non-hydrogen) atoms. The van der Waals surface area contributed by atoms with E-state index < -0.39 is 0 Å². The fourth-order valence-corrected chi connectivity index (χ4v) is 1.42. The average Bonchev–Trinajstić information content (AvgIpc) is 2.25. The van der Waals surface area contributed by atoms with E-state index in [0.717, 1.165) is 36.8 Å². The summed E-state index contributed by atoms with van der Waals surface area (Å²) in [5, 5.41) is 4.22. The second-order valence-electron chi connectivity index (χ2n) is 2.87. The minimum atomic E-state index is 0.752. The van der Waals surface area contributed by atoms with E-state index in [1.165, 1.54) is 0 Å². The highest BCUT2D eigenvalue weighted by molar-refractivity contribution is 7.98. The molecule has 5 heteroatoms. The van der Waals surface area contributed by atoms with Crippen LogP contribution in [0, 0.1) is 0 Å². The maximum atomic E-state index is 5.40. The largest absolute Gasteiger partial charge is 0.370 e. The molecule has 0 spiro atoms. The molecule has 0 amide bonds. The van der Waals surface area contributed by atoms with E-state index in [1.54, 1.807) is 18.1 Å². The van der Waals surface area contributed by atoms with Gasteiger partial charge in [0.25, 0.3) is 0 Å². The van der Waals surface area contributed by atoms with Crippen LogP contribution in [0.2, 0.25) is 0 Å². The zero-order valence-corrected chi connectivity index (χ0v) is 9.18. The third-order valence-corrected chi connectivity index (χ3v) is 2.43. The topological polar surface area (TPSA) is 63.8 Å². The van der Waals surface area contributed by atoms with Crippen molar-refractivity contribution in [3.63, 3.8) is 0 Å². The van der Waals surface area contributed by atoms with Crippen molar-refractivity contribution in [3.8, 4) is 0 Å². The van der Waals surface area contributed by atoms with Gasteiger partial charge in [0.15, 0.2) is 0 Å². The highest BCUT2D eigenvalue weighted by Gasteiger charge is 1.95. The van der Waals surface area contributed by atoms with Crippen LogP contribution in [0.4, 0.5) is 5.82 Å². The van der Waals surface area contributed by atoms with Crippen molar-refractivity contribution in [2.75, 3.05) is 24.7 Å². The number of nitrogens with one attached hydrogen (secondary N) is 1. The van der Waals surface area contributed by atoms with Gasteiger partial charge in [-0.3, -0.25) is 0 Å². The second kappa shape index (κ2) is 6.62. The Balaban J connectivity index is 2.34. The van der Waals surface area contributed by atoms with E-state index in [1.807, 2.05) is 12.3 Å². The van der Waals surface area contributed by atoms with Gasteiger partial charge in [0, 0.05) is 12.6 Å². The molecule has 0 bridgehead atoms. The molecule has 1 heterocycles. The van der Waals surface area contributed by atoms with Crippen LogP contribution in [-0.4, -0.2) is 29.3 Å². The van der Waals surface area contributed by atoms with E-state index in [0.29, 0.717) is 0 Å². The van der Waals surface area contributed by atoms with Gasteiger partial charge in [0.2, 0.25) is 0 Å². The summed E-state index contributed by atoms with van der Waals surface area (Å²) >= 11 is 1.62.